The fourth-order valence-electron chi connectivity index (χ4n) is 2.74. The van der Waals surface area contributed by atoms with E-state index in [-0.39, 0.29) is 5.78 Å². The summed E-state index contributed by atoms with van der Waals surface area (Å²) in [7, 11) is 0. The molecule has 0 fully saturated rings. The molecule has 0 saturated carbocycles. The normalized spacial score (nSPS) is 15.6. The average Bonchev–Trinajstić information content (AvgIpc) is 2.84. The van der Waals surface area contributed by atoms with E-state index in [0.717, 1.165) is 33.3 Å². The van der Waals surface area contributed by atoms with Crippen molar-refractivity contribution in [3.05, 3.63) is 77.1 Å². The number of allylic oxidation sites excluding steroid dienone is 1. The third-order valence-corrected chi connectivity index (χ3v) is 3.77. The summed E-state index contributed by atoms with van der Waals surface area (Å²) >= 11 is 0. The standard InChI is InChI=1S/C18H12N2O/c21-18-14(11-13-3-1-2-4-15(13)18)9-12-5-6-16-17(10-12)20-8-7-19-16/h1-10H,11H2. The van der Waals surface area contributed by atoms with Crippen LogP contribution >= 0.6 is 0 Å². The van der Waals surface area contributed by atoms with Gasteiger partial charge >= 0.3 is 0 Å². The fraction of sp³-hybridized carbons (Fsp3) is 0.0556. The Kier molecular flexibility index (Phi) is 2.64. The van der Waals surface area contributed by atoms with E-state index < -0.39 is 0 Å². The maximum absolute atomic E-state index is 12.4. The lowest BCUT2D eigenvalue weighted by Crippen LogP contribution is -1.95. The van der Waals surface area contributed by atoms with Crippen LogP contribution in [0, 0.1) is 0 Å². The van der Waals surface area contributed by atoms with E-state index in [0.29, 0.717) is 6.42 Å². The minimum absolute atomic E-state index is 0.129. The molecule has 3 nitrogen and oxygen atoms in total. The second kappa shape index (κ2) is 4.63. The predicted octanol–water partition coefficient (Wildman–Crippen LogP) is 3.45. The van der Waals surface area contributed by atoms with Crippen molar-refractivity contribution in [1.82, 2.24) is 9.97 Å². The Morgan fingerprint density at radius 1 is 0.952 bits per heavy atom. The van der Waals surface area contributed by atoms with Gasteiger partial charge in [0.15, 0.2) is 5.78 Å². The van der Waals surface area contributed by atoms with E-state index >= 15 is 0 Å². The Bertz CT molecular complexity index is 896. The van der Waals surface area contributed by atoms with Crippen molar-refractivity contribution in [2.75, 3.05) is 0 Å². The first-order valence-electron chi connectivity index (χ1n) is 6.85. The molecule has 0 radical (unpaired) electrons. The highest BCUT2D eigenvalue weighted by Gasteiger charge is 2.23. The van der Waals surface area contributed by atoms with Crippen molar-refractivity contribution < 1.29 is 4.79 Å². The molecule has 1 aromatic heterocycles. The Morgan fingerprint density at radius 3 is 2.62 bits per heavy atom. The minimum Gasteiger partial charge on any atom is -0.289 e. The van der Waals surface area contributed by atoms with Crippen molar-refractivity contribution in [3.63, 3.8) is 0 Å². The van der Waals surface area contributed by atoms with Crippen LogP contribution < -0.4 is 0 Å². The van der Waals surface area contributed by atoms with Gasteiger partial charge in [-0.1, -0.05) is 30.3 Å². The van der Waals surface area contributed by atoms with E-state index in [2.05, 4.69) is 9.97 Å². The van der Waals surface area contributed by atoms with Gasteiger partial charge < -0.3 is 0 Å². The molecule has 3 heteroatoms. The van der Waals surface area contributed by atoms with Gasteiger partial charge in [0.1, 0.15) is 0 Å². The first-order chi connectivity index (χ1) is 10.3. The van der Waals surface area contributed by atoms with E-state index in [1.807, 2.05) is 48.5 Å². The van der Waals surface area contributed by atoms with Crippen molar-refractivity contribution in [2.24, 2.45) is 0 Å². The molecule has 0 unspecified atom stereocenters. The zero-order valence-corrected chi connectivity index (χ0v) is 11.3. The maximum atomic E-state index is 12.4. The highest BCUT2D eigenvalue weighted by molar-refractivity contribution is 6.15. The lowest BCUT2D eigenvalue weighted by molar-refractivity contribution is 0.104. The molecule has 0 spiro atoms. The number of carbonyl (C=O) groups is 1. The molecule has 0 bridgehead atoms. The molecule has 1 aliphatic rings. The fourth-order valence-corrected chi connectivity index (χ4v) is 2.74. The topological polar surface area (TPSA) is 42.9 Å². The first kappa shape index (κ1) is 12.0. The van der Waals surface area contributed by atoms with E-state index in [4.69, 9.17) is 0 Å². The van der Waals surface area contributed by atoms with Gasteiger partial charge in [-0.15, -0.1) is 0 Å². The SMILES string of the molecule is O=C1C(=Cc2ccc3nccnc3c2)Cc2ccccc21. The number of Topliss-reactive ketones (excluding diaryl/α,β-unsaturated/α-hetero) is 1. The Hall–Kier alpha value is -2.81. The van der Waals surface area contributed by atoms with Gasteiger partial charge in [0.25, 0.3) is 0 Å². The highest BCUT2D eigenvalue weighted by Crippen LogP contribution is 2.27. The van der Waals surface area contributed by atoms with Crippen LogP contribution in [-0.4, -0.2) is 15.8 Å². The van der Waals surface area contributed by atoms with Crippen LogP contribution in [0.2, 0.25) is 0 Å². The van der Waals surface area contributed by atoms with E-state index in [1.165, 1.54) is 0 Å². The number of carbonyl (C=O) groups excluding carboxylic acids is 1. The molecule has 21 heavy (non-hydrogen) atoms. The molecule has 3 aromatic rings. The van der Waals surface area contributed by atoms with Gasteiger partial charge in [-0.25, -0.2) is 0 Å². The second-order valence-corrected chi connectivity index (χ2v) is 5.14. The molecular formula is C18H12N2O. The minimum atomic E-state index is 0.129. The molecule has 0 amide bonds. The summed E-state index contributed by atoms with van der Waals surface area (Å²) in [5.41, 5.74) is 5.45. The molecule has 0 N–H and O–H groups in total. The van der Waals surface area contributed by atoms with Crippen molar-refractivity contribution >= 4 is 22.9 Å². The van der Waals surface area contributed by atoms with Crippen molar-refractivity contribution in [2.45, 2.75) is 6.42 Å². The summed E-state index contributed by atoms with van der Waals surface area (Å²) in [5.74, 6) is 0.129. The van der Waals surface area contributed by atoms with Crippen LogP contribution in [0.15, 0.2) is 60.4 Å². The first-order valence-corrected chi connectivity index (χ1v) is 6.85. The van der Waals surface area contributed by atoms with Crippen molar-refractivity contribution in [3.8, 4) is 0 Å². The lowest BCUT2D eigenvalue weighted by Gasteiger charge is -1.99. The zero-order chi connectivity index (χ0) is 14.2. The summed E-state index contributed by atoms with van der Waals surface area (Å²) in [6, 6.07) is 13.7. The van der Waals surface area contributed by atoms with Crippen LogP contribution in [0.5, 0.6) is 0 Å². The number of benzene rings is 2. The summed E-state index contributed by atoms with van der Waals surface area (Å²) in [4.78, 5) is 20.9. The monoisotopic (exact) mass is 272 g/mol. The van der Waals surface area contributed by atoms with E-state index in [9.17, 15) is 4.79 Å². The molecule has 1 heterocycles. The van der Waals surface area contributed by atoms with Gasteiger partial charge in [-0.2, -0.15) is 0 Å². The number of rotatable bonds is 1. The Morgan fingerprint density at radius 2 is 1.76 bits per heavy atom. The molecule has 4 rings (SSSR count). The van der Waals surface area contributed by atoms with Gasteiger partial charge in [-0.05, 0) is 29.3 Å². The molecule has 100 valence electrons. The Labute approximate surface area is 122 Å². The molecule has 0 atom stereocenters. The lowest BCUT2D eigenvalue weighted by atomic mass is 10.1. The van der Waals surface area contributed by atoms with Gasteiger partial charge in [0.2, 0.25) is 0 Å². The van der Waals surface area contributed by atoms with Gasteiger partial charge in [-0.3, -0.25) is 14.8 Å². The van der Waals surface area contributed by atoms with Crippen LogP contribution in [0.25, 0.3) is 17.1 Å². The number of ketones is 1. The largest absolute Gasteiger partial charge is 0.289 e. The van der Waals surface area contributed by atoms with Crippen molar-refractivity contribution in [1.29, 1.82) is 0 Å². The number of nitrogens with zero attached hydrogens (tertiary/aromatic N) is 2. The predicted molar refractivity (Wildman–Crippen MR) is 82.0 cm³/mol. The molecule has 2 aromatic carbocycles. The smallest absolute Gasteiger partial charge is 0.189 e. The number of hydrogen-bond acceptors (Lipinski definition) is 3. The molecule has 1 aliphatic carbocycles. The summed E-state index contributed by atoms with van der Waals surface area (Å²) < 4.78 is 0. The molecule has 0 saturated heterocycles. The summed E-state index contributed by atoms with van der Waals surface area (Å²) in [6.45, 7) is 0. The number of aromatic nitrogens is 2. The number of fused-ring (bicyclic) bond motifs is 2. The third-order valence-electron chi connectivity index (χ3n) is 3.77. The third kappa shape index (κ3) is 2.03. The maximum Gasteiger partial charge on any atom is 0.189 e. The van der Waals surface area contributed by atoms with Crippen LogP contribution in [0.3, 0.4) is 0 Å². The van der Waals surface area contributed by atoms with E-state index in [1.54, 1.807) is 12.4 Å². The molecular weight excluding hydrogens is 260 g/mol. The molecule has 0 aliphatic heterocycles. The quantitative estimate of drug-likeness (QED) is 0.637. The van der Waals surface area contributed by atoms with Gasteiger partial charge in [0, 0.05) is 30.0 Å². The highest BCUT2D eigenvalue weighted by atomic mass is 16.1. The van der Waals surface area contributed by atoms with Crippen LogP contribution in [-0.2, 0) is 6.42 Å². The Balaban J connectivity index is 1.76. The zero-order valence-electron chi connectivity index (χ0n) is 11.3. The second-order valence-electron chi connectivity index (χ2n) is 5.14. The summed E-state index contributed by atoms with van der Waals surface area (Å²) in [5, 5.41) is 0. The van der Waals surface area contributed by atoms with Gasteiger partial charge in [0.05, 0.1) is 11.0 Å². The average molecular weight is 272 g/mol. The van der Waals surface area contributed by atoms with Crippen LogP contribution in [0.1, 0.15) is 21.5 Å². The number of hydrogen-bond donors (Lipinski definition) is 0. The summed E-state index contributed by atoms with van der Waals surface area (Å²) in [6.07, 6.45) is 6.01. The van der Waals surface area contributed by atoms with Crippen LogP contribution in [0.4, 0.5) is 0 Å².